The van der Waals surface area contributed by atoms with Gasteiger partial charge in [0.15, 0.2) is 5.96 Å². The zero-order valence-electron chi connectivity index (χ0n) is 16.6. The van der Waals surface area contributed by atoms with Gasteiger partial charge in [-0.15, -0.1) is 0 Å². The van der Waals surface area contributed by atoms with E-state index in [1.54, 1.807) is 0 Å². The smallest absolute Gasteiger partial charge is 0.191 e. The van der Waals surface area contributed by atoms with Crippen molar-refractivity contribution in [2.75, 3.05) is 46.1 Å². The quantitative estimate of drug-likeness (QED) is 0.403. The van der Waals surface area contributed by atoms with Crippen LogP contribution < -0.4 is 10.6 Å². The summed E-state index contributed by atoms with van der Waals surface area (Å²) in [4.78, 5) is 4.94. The molecule has 5 nitrogen and oxygen atoms in total. The molecule has 0 saturated carbocycles. The van der Waals surface area contributed by atoms with Gasteiger partial charge in [-0.1, -0.05) is 24.3 Å². The van der Waals surface area contributed by atoms with Gasteiger partial charge in [-0.25, -0.2) is 0 Å². The molecule has 0 radical (unpaired) electrons. The third-order valence-corrected chi connectivity index (χ3v) is 5.01. The van der Waals surface area contributed by atoms with E-state index < -0.39 is 0 Å². The zero-order valence-corrected chi connectivity index (χ0v) is 16.6. The topological polar surface area (TPSA) is 54.9 Å². The van der Waals surface area contributed by atoms with E-state index in [0.717, 1.165) is 71.3 Å². The van der Waals surface area contributed by atoms with Crippen LogP contribution in [-0.4, -0.2) is 52.0 Å². The van der Waals surface area contributed by atoms with Gasteiger partial charge in [0.25, 0.3) is 0 Å². The minimum absolute atomic E-state index is 0.0667. The Bertz CT molecular complexity index is 554. The summed E-state index contributed by atoms with van der Waals surface area (Å²) in [5, 5.41) is 6.79. The summed E-state index contributed by atoms with van der Waals surface area (Å²) in [5.41, 5.74) is 2.83. The Morgan fingerprint density at radius 3 is 2.65 bits per heavy atom. The minimum atomic E-state index is 0.0667. The lowest BCUT2D eigenvalue weighted by Gasteiger charge is -2.37. The monoisotopic (exact) mass is 361 g/mol. The van der Waals surface area contributed by atoms with Crippen molar-refractivity contribution in [1.82, 2.24) is 10.6 Å². The van der Waals surface area contributed by atoms with Crippen LogP contribution in [0.3, 0.4) is 0 Å². The number of aliphatic imine (C=N–C) groups is 1. The molecule has 1 heterocycles. The van der Waals surface area contributed by atoms with E-state index in [9.17, 15) is 0 Å². The second-order valence-electron chi connectivity index (χ2n) is 6.88. The van der Waals surface area contributed by atoms with Gasteiger partial charge in [-0.3, -0.25) is 4.99 Å². The van der Waals surface area contributed by atoms with Gasteiger partial charge in [0, 0.05) is 44.9 Å². The number of aryl methyl sites for hydroxylation is 1. The average Bonchev–Trinajstić information content (AvgIpc) is 2.67. The van der Waals surface area contributed by atoms with Crippen LogP contribution in [0.15, 0.2) is 29.3 Å². The van der Waals surface area contributed by atoms with Crippen molar-refractivity contribution in [3.05, 3.63) is 35.4 Å². The van der Waals surface area contributed by atoms with Gasteiger partial charge in [0.05, 0.1) is 6.54 Å². The summed E-state index contributed by atoms with van der Waals surface area (Å²) in [5.74, 6) is 0.892. The van der Waals surface area contributed by atoms with Crippen molar-refractivity contribution in [3.8, 4) is 0 Å². The van der Waals surface area contributed by atoms with E-state index in [-0.39, 0.29) is 5.41 Å². The molecule has 2 rings (SSSR count). The maximum atomic E-state index is 5.65. The predicted octanol–water partition coefficient (Wildman–Crippen LogP) is 3.02. The molecule has 1 aliphatic rings. The van der Waals surface area contributed by atoms with E-state index in [2.05, 4.69) is 48.7 Å². The maximum absolute atomic E-state index is 5.65. The van der Waals surface area contributed by atoms with Gasteiger partial charge in [-0.2, -0.15) is 0 Å². The Hall–Kier alpha value is -1.59. The number of nitrogens with one attached hydrogen (secondary N) is 2. The minimum Gasteiger partial charge on any atom is -0.382 e. The second kappa shape index (κ2) is 11.2. The molecule has 1 saturated heterocycles. The molecule has 0 aliphatic carbocycles. The SMILES string of the molecule is CCNC(=NCC1(c2ccccc2C)CCOCC1)NCCCOCC. The Morgan fingerprint density at radius 1 is 1.19 bits per heavy atom. The van der Waals surface area contributed by atoms with Gasteiger partial charge in [0.1, 0.15) is 0 Å². The summed E-state index contributed by atoms with van der Waals surface area (Å²) in [6, 6.07) is 8.71. The molecular formula is C21H35N3O2. The summed E-state index contributed by atoms with van der Waals surface area (Å²) in [6.07, 6.45) is 3.02. The van der Waals surface area contributed by atoms with E-state index in [1.165, 1.54) is 11.1 Å². The van der Waals surface area contributed by atoms with Crippen molar-refractivity contribution in [2.45, 2.75) is 45.4 Å². The standard InChI is InChI=1S/C21H35N3O2/c1-4-22-20(23-13-8-14-25-5-2)24-17-21(11-15-26-16-12-21)19-10-7-6-9-18(19)3/h6-7,9-10H,4-5,8,11-17H2,1-3H3,(H2,22,23,24). The lowest BCUT2D eigenvalue weighted by molar-refractivity contribution is 0.0529. The fourth-order valence-electron chi connectivity index (χ4n) is 3.54. The molecule has 5 heteroatoms. The molecule has 1 aromatic rings. The summed E-state index contributed by atoms with van der Waals surface area (Å²) in [7, 11) is 0. The highest BCUT2D eigenvalue weighted by molar-refractivity contribution is 5.79. The Morgan fingerprint density at radius 2 is 1.96 bits per heavy atom. The summed E-state index contributed by atoms with van der Waals surface area (Å²) < 4.78 is 11.1. The van der Waals surface area contributed by atoms with Gasteiger partial charge in [0.2, 0.25) is 0 Å². The van der Waals surface area contributed by atoms with Crippen LogP contribution in [0.1, 0.15) is 44.2 Å². The van der Waals surface area contributed by atoms with Crippen LogP contribution in [0.4, 0.5) is 0 Å². The molecule has 1 fully saturated rings. The Balaban J connectivity index is 2.07. The normalized spacial score (nSPS) is 17.1. The van der Waals surface area contributed by atoms with Gasteiger partial charge in [-0.05, 0) is 51.2 Å². The lowest BCUT2D eigenvalue weighted by Crippen LogP contribution is -2.42. The van der Waals surface area contributed by atoms with Gasteiger partial charge < -0.3 is 20.1 Å². The number of nitrogens with zero attached hydrogens (tertiary/aromatic N) is 1. The molecular weight excluding hydrogens is 326 g/mol. The zero-order chi connectivity index (χ0) is 18.7. The highest BCUT2D eigenvalue weighted by atomic mass is 16.5. The number of hydrogen-bond acceptors (Lipinski definition) is 3. The summed E-state index contributed by atoms with van der Waals surface area (Å²) in [6.45, 7) is 12.0. The molecule has 26 heavy (non-hydrogen) atoms. The van der Waals surface area contributed by atoms with Crippen LogP contribution in [0, 0.1) is 6.92 Å². The molecule has 0 aromatic heterocycles. The van der Waals surface area contributed by atoms with Crippen LogP contribution in [-0.2, 0) is 14.9 Å². The number of hydrogen-bond donors (Lipinski definition) is 2. The molecule has 0 unspecified atom stereocenters. The van der Waals surface area contributed by atoms with Crippen LogP contribution in [0.25, 0.3) is 0 Å². The molecule has 0 atom stereocenters. The largest absolute Gasteiger partial charge is 0.382 e. The molecule has 1 aliphatic heterocycles. The molecule has 0 amide bonds. The molecule has 1 aromatic carbocycles. The third kappa shape index (κ3) is 5.99. The van der Waals surface area contributed by atoms with Crippen LogP contribution >= 0.6 is 0 Å². The number of rotatable bonds is 9. The molecule has 0 bridgehead atoms. The number of guanidine groups is 1. The van der Waals surface area contributed by atoms with Crippen molar-refractivity contribution >= 4 is 5.96 Å². The molecule has 146 valence electrons. The van der Waals surface area contributed by atoms with Gasteiger partial charge >= 0.3 is 0 Å². The van der Waals surface area contributed by atoms with Crippen molar-refractivity contribution in [2.24, 2.45) is 4.99 Å². The first-order valence-corrected chi connectivity index (χ1v) is 9.95. The van der Waals surface area contributed by atoms with E-state index in [1.807, 2.05) is 6.92 Å². The second-order valence-corrected chi connectivity index (χ2v) is 6.88. The first kappa shape index (κ1) is 20.7. The summed E-state index contributed by atoms with van der Waals surface area (Å²) >= 11 is 0. The van der Waals surface area contributed by atoms with E-state index >= 15 is 0 Å². The van der Waals surface area contributed by atoms with Crippen molar-refractivity contribution in [3.63, 3.8) is 0 Å². The van der Waals surface area contributed by atoms with Crippen molar-refractivity contribution < 1.29 is 9.47 Å². The molecule has 0 spiro atoms. The Kier molecular flexibility index (Phi) is 8.92. The highest BCUT2D eigenvalue weighted by Crippen LogP contribution is 2.36. The average molecular weight is 362 g/mol. The first-order chi connectivity index (χ1) is 12.7. The molecule has 2 N–H and O–H groups in total. The number of benzene rings is 1. The van der Waals surface area contributed by atoms with Crippen LogP contribution in [0.5, 0.6) is 0 Å². The maximum Gasteiger partial charge on any atom is 0.191 e. The van der Waals surface area contributed by atoms with E-state index in [0.29, 0.717) is 0 Å². The predicted molar refractivity (Wildman–Crippen MR) is 108 cm³/mol. The fraction of sp³-hybridized carbons (Fsp3) is 0.667. The number of ether oxygens (including phenoxy) is 2. The van der Waals surface area contributed by atoms with E-state index in [4.69, 9.17) is 14.5 Å². The highest BCUT2D eigenvalue weighted by Gasteiger charge is 2.35. The fourth-order valence-corrected chi connectivity index (χ4v) is 3.54. The van der Waals surface area contributed by atoms with Crippen LogP contribution in [0.2, 0.25) is 0 Å². The third-order valence-electron chi connectivity index (χ3n) is 5.01. The Labute approximate surface area is 158 Å². The lowest BCUT2D eigenvalue weighted by atomic mass is 9.72. The first-order valence-electron chi connectivity index (χ1n) is 9.95. The van der Waals surface area contributed by atoms with Crippen molar-refractivity contribution in [1.29, 1.82) is 0 Å².